The second-order valence-corrected chi connectivity index (χ2v) is 6.63. The van der Waals surface area contributed by atoms with Crippen LogP contribution in [0.4, 0.5) is 0 Å². The first kappa shape index (κ1) is 16.5. The Balaban J connectivity index is 2.41. The molecule has 3 atom stereocenters. The zero-order valence-electron chi connectivity index (χ0n) is 14.6. The predicted molar refractivity (Wildman–Crippen MR) is 89.7 cm³/mol. The molecular formula is C18H33N3. The van der Waals surface area contributed by atoms with Gasteiger partial charge in [-0.3, -0.25) is 4.68 Å². The van der Waals surface area contributed by atoms with Crippen molar-refractivity contribution < 1.29 is 0 Å². The van der Waals surface area contributed by atoms with Crippen LogP contribution in [-0.4, -0.2) is 16.8 Å². The molecule has 1 aromatic heterocycles. The summed E-state index contributed by atoms with van der Waals surface area (Å²) in [5, 5.41) is 8.54. The average Bonchev–Trinajstić information content (AvgIpc) is 2.87. The Morgan fingerprint density at radius 1 is 1.24 bits per heavy atom. The van der Waals surface area contributed by atoms with Gasteiger partial charge in [0, 0.05) is 17.3 Å². The molecule has 3 unspecified atom stereocenters. The summed E-state index contributed by atoms with van der Waals surface area (Å²) in [4.78, 5) is 0. The minimum absolute atomic E-state index is 0.449. The monoisotopic (exact) mass is 291 g/mol. The number of nitrogens with one attached hydrogen (secondary N) is 1. The molecule has 120 valence electrons. The summed E-state index contributed by atoms with van der Waals surface area (Å²) in [7, 11) is 2.08. The first-order chi connectivity index (χ1) is 10.2. The number of aromatic nitrogens is 2. The van der Waals surface area contributed by atoms with Crippen LogP contribution >= 0.6 is 0 Å². The van der Waals surface area contributed by atoms with Gasteiger partial charge in [-0.2, -0.15) is 5.10 Å². The fourth-order valence-electron chi connectivity index (χ4n) is 4.03. The Labute approximate surface area is 130 Å². The normalized spacial score (nSPS) is 24.2. The van der Waals surface area contributed by atoms with Crippen molar-refractivity contribution in [3.63, 3.8) is 0 Å². The molecule has 1 aliphatic carbocycles. The van der Waals surface area contributed by atoms with Crippen LogP contribution < -0.4 is 5.32 Å². The highest BCUT2D eigenvalue weighted by molar-refractivity contribution is 5.31. The Morgan fingerprint density at radius 3 is 2.52 bits per heavy atom. The van der Waals surface area contributed by atoms with Crippen LogP contribution in [0.2, 0.25) is 0 Å². The van der Waals surface area contributed by atoms with E-state index in [1.165, 1.54) is 42.6 Å². The number of hydrogen-bond acceptors (Lipinski definition) is 2. The van der Waals surface area contributed by atoms with Crippen molar-refractivity contribution in [3.8, 4) is 0 Å². The van der Waals surface area contributed by atoms with Gasteiger partial charge >= 0.3 is 0 Å². The van der Waals surface area contributed by atoms with Crippen LogP contribution in [0.25, 0.3) is 0 Å². The Kier molecular flexibility index (Phi) is 5.86. The van der Waals surface area contributed by atoms with E-state index in [1.807, 2.05) is 0 Å². The van der Waals surface area contributed by atoms with Crippen molar-refractivity contribution >= 4 is 0 Å². The SMILES string of the molecule is CCc1nn(C2CCCC(C)C2)c(CC)c1C(CC)NC. The number of nitrogens with zero attached hydrogens (tertiary/aromatic N) is 2. The zero-order valence-corrected chi connectivity index (χ0v) is 14.6. The van der Waals surface area contributed by atoms with Gasteiger partial charge in [0.2, 0.25) is 0 Å². The molecule has 21 heavy (non-hydrogen) atoms. The maximum Gasteiger partial charge on any atom is 0.0672 e. The summed E-state index contributed by atoms with van der Waals surface area (Å²) >= 11 is 0. The van der Waals surface area contributed by atoms with Crippen molar-refractivity contribution in [1.29, 1.82) is 0 Å². The molecule has 0 bridgehead atoms. The molecular weight excluding hydrogens is 258 g/mol. The van der Waals surface area contributed by atoms with Crippen LogP contribution in [0, 0.1) is 5.92 Å². The molecule has 1 heterocycles. The Hall–Kier alpha value is -0.830. The van der Waals surface area contributed by atoms with Crippen molar-refractivity contribution in [3.05, 3.63) is 17.0 Å². The predicted octanol–water partition coefficient (Wildman–Crippen LogP) is 4.43. The summed E-state index contributed by atoms with van der Waals surface area (Å²) in [6, 6.07) is 1.07. The second kappa shape index (κ2) is 7.44. The molecule has 1 N–H and O–H groups in total. The Morgan fingerprint density at radius 2 is 2.00 bits per heavy atom. The molecule has 0 aromatic carbocycles. The maximum absolute atomic E-state index is 5.05. The van der Waals surface area contributed by atoms with E-state index in [9.17, 15) is 0 Å². The lowest BCUT2D eigenvalue weighted by Gasteiger charge is -2.28. The van der Waals surface area contributed by atoms with E-state index in [0.29, 0.717) is 12.1 Å². The van der Waals surface area contributed by atoms with Gasteiger partial charge in [-0.15, -0.1) is 0 Å². The van der Waals surface area contributed by atoms with Crippen molar-refractivity contribution in [2.45, 2.75) is 84.7 Å². The lowest BCUT2D eigenvalue weighted by molar-refractivity contribution is 0.261. The third kappa shape index (κ3) is 3.33. The first-order valence-corrected chi connectivity index (χ1v) is 8.93. The van der Waals surface area contributed by atoms with Gasteiger partial charge in [-0.05, 0) is 45.1 Å². The quantitative estimate of drug-likeness (QED) is 0.840. The molecule has 2 rings (SSSR count). The molecule has 1 aliphatic rings. The highest BCUT2D eigenvalue weighted by atomic mass is 15.3. The van der Waals surface area contributed by atoms with Gasteiger partial charge in [0.25, 0.3) is 0 Å². The first-order valence-electron chi connectivity index (χ1n) is 8.93. The molecule has 0 amide bonds. The third-order valence-electron chi connectivity index (χ3n) is 5.16. The van der Waals surface area contributed by atoms with E-state index >= 15 is 0 Å². The molecule has 3 nitrogen and oxygen atoms in total. The highest BCUT2D eigenvalue weighted by Gasteiger charge is 2.27. The minimum Gasteiger partial charge on any atom is -0.313 e. The molecule has 3 heteroatoms. The van der Waals surface area contributed by atoms with E-state index in [0.717, 1.165) is 25.2 Å². The van der Waals surface area contributed by atoms with E-state index < -0.39 is 0 Å². The van der Waals surface area contributed by atoms with E-state index in [4.69, 9.17) is 5.10 Å². The zero-order chi connectivity index (χ0) is 15.4. The van der Waals surface area contributed by atoms with Gasteiger partial charge in [0.15, 0.2) is 0 Å². The Bertz CT molecular complexity index is 446. The van der Waals surface area contributed by atoms with Gasteiger partial charge in [0.05, 0.1) is 11.7 Å². The van der Waals surface area contributed by atoms with Crippen LogP contribution in [0.3, 0.4) is 0 Å². The van der Waals surface area contributed by atoms with Gasteiger partial charge < -0.3 is 5.32 Å². The minimum atomic E-state index is 0.449. The smallest absolute Gasteiger partial charge is 0.0672 e. The van der Waals surface area contributed by atoms with Gasteiger partial charge in [-0.1, -0.05) is 40.5 Å². The molecule has 1 aromatic rings. The molecule has 0 aliphatic heterocycles. The maximum atomic E-state index is 5.05. The summed E-state index contributed by atoms with van der Waals surface area (Å²) in [5.74, 6) is 0.845. The van der Waals surface area contributed by atoms with Crippen molar-refractivity contribution in [1.82, 2.24) is 15.1 Å². The lowest BCUT2D eigenvalue weighted by atomic mass is 9.87. The van der Waals surface area contributed by atoms with E-state index in [2.05, 4.69) is 44.7 Å². The van der Waals surface area contributed by atoms with Crippen LogP contribution in [-0.2, 0) is 12.8 Å². The van der Waals surface area contributed by atoms with Gasteiger partial charge in [0.1, 0.15) is 0 Å². The molecule has 0 spiro atoms. The van der Waals surface area contributed by atoms with E-state index in [-0.39, 0.29) is 0 Å². The highest BCUT2D eigenvalue weighted by Crippen LogP contribution is 2.35. The molecule has 0 saturated heterocycles. The second-order valence-electron chi connectivity index (χ2n) is 6.63. The largest absolute Gasteiger partial charge is 0.313 e. The third-order valence-corrected chi connectivity index (χ3v) is 5.16. The summed E-state index contributed by atoms with van der Waals surface area (Å²) in [6.07, 6.45) is 8.60. The standard InChI is InChI=1S/C18H33N3/c1-6-15(19-5)18-16(7-2)20-21(17(18)8-3)14-11-9-10-13(4)12-14/h13-15,19H,6-12H2,1-5H3. The fourth-order valence-corrected chi connectivity index (χ4v) is 4.03. The van der Waals surface area contributed by atoms with Crippen molar-refractivity contribution in [2.75, 3.05) is 7.05 Å². The number of hydrogen-bond donors (Lipinski definition) is 1. The lowest BCUT2D eigenvalue weighted by Crippen LogP contribution is -2.22. The summed E-state index contributed by atoms with van der Waals surface area (Å²) in [6.45, 7) is 9.18. The van der Waals surface area contributed by atoms with Crippen LogP contribution in [0.15, 0.2) is 0 Å². The van der Waals surface area contributed by atoms with Crippen LogP contribution in [0.5, 0.6) is 0 Å². The van der Waals surface area contributed by atoms with E-state index in [1.54, 1.807) is 0 Å². The topological polar surface area (TPSA) is 29.9 Å². The molecule has 0 radical (unpaired) electrons. The average molecular weight is 291 g/mol. The van der Waals surface area contributed by atoms with Crippen LogP contribution in [0.1, 0.15) is 88.8 Å². The fraction of sp³-hybridized carbons (Fsp3) is 0.833. The molecule has 1 fully saturated rings. The number of rotatable bonds is 6. The summed E-state index contributed by atoms with van der Waals surface area (Å²) in [5.41, 5.74) is 4.28. The van der Waals surface area contributed by atoms with Gasteiger partial charge in [-0.25, -0.2) is 0 Å². The van der Waals surface area contributed by atoms with Crippen molar-refractivity contribution in [2.24, 2.45) is 5.92 Å². The summed E-state index contributed by atoms with van der Waals surface area (Å²) < 4.78 is 2.41. The molecule has 1 saturated carbocycles. The number of aryl methyl sites for hydroxylation is 1.